The fourth-order valence-electron chi connectivity index (χ4n) is 3.78. The third-order valence-electron chi connectivity index (χ3n) is 5.19. The van der Waals surface area contributed by atoms with Gasteiger partial charge in [0.1, 0.15) is 32.7 Å². The molecular weight excluding hydrogens is 256 g/mol. The van der Waals surface area contributed by atoms with E-state index >= 15 is 0 Å². The van der Waals surface area contributed by atoms with Crippen molar-refractivity contribution in [3.63, 3.8) is 0 Å². The molecule has 1 aliphatic heterocycles. The first-order chi connectivity index (χ1) is 10.3. The first kappa shape index (κ1) is 14.8. The quantitative estimate of drug-likeness (QED) is 0.752. The van der Waals surface area contributed by atoms with Crippen molar-refractivity contribution >= 4 is 0 Å². The normalized spacial score (nSPS) is 29.5. The predicted octanol–water partition coefficient (Wildman–Crippen LogP) is 0.635. The van der Waals surface area contributed by atoms with Gasteiger partial charge in [-0.15, -0.1) is 0 Å². The molecule has 1 aromatic carbocycles. The number of quaternary nitrogens is 2. The summed E-state index contributed by atoms with van der Waals surface area (Å²) < 4.78 is 0. The molecule has 1 aliphatic carbocycles. The van der Waals surface area contributed by atoms with Crippen molar-refractivity contribution in [1.29, 1.82) is 0 Å². The Bertz CT molecular complexity index is 455. The molecule has 2 N–H and O–H groups in total. The SMILES string of the molecule is Cc1ccc(C[NH+]2CC[NH+](C[C@H]3CC=CCC3)CC2)cc1. The van der Waals surface area contributed by atoms with E-state index in [4.69, 9.17) is 0 Å². The van der Waals surface area contributed by atoms with Crippen molar-refractivity contribution in [2.45, 2.75) is 32.7 Å². The summed E-state index contributed by atoms with van der Waals surface area (Å²) in [5, 5.41) is 0. The van der Waals surface area contributed by atoms with Crippen LogP contribution in [0.25, 0.3) is 0 Å². The van der Waals surface area contributed by atoms with E-state index in [2.05, 4.69) is 43.3 Å². The van der Waals surface area contributed by atoms with Gasteiger partial charge in [-0.05, 0) is 26.2 Å². The van der Waals surface area contributed by atoms with Crippen molar-refractivity contribution in [2.24, 2.45) is 5.92 Å². The maximum Gasteiger partial charge on any atom is 0.127 e. The van der Waals surface area contributed by atoms with Crippen LogP contribution in [0.4, 0.5) is 0 Å². The molecule has 0 unspecified atom stereocenters. The number of allylic oxidation sites excluding steroid dienone is 2. The molecule has 0 spiro atoms. The molecule has 1 fully saturated rings. The lowest BCUT2D eigenvalue weighted by atomic mass is 9.94. The molecule has 0 bridgehead atoms. The second-order valence-corrected chi connectivity index (χ2v) is 7.02. The summed E-state index contributed by atoms with van der Waals surface area (Å²) in [5.41, 5.74) is 2.86. The second kappa shape index (κ2) is 7.24. The van der Waals surface area contributed by atoms with E-state index in [1.165, 1.54) is 69.7 Å². The Morgan fingerprint density at radius 3 is 2.33 bits per heavy atom. The number of hydrogen-bond donors (Lipinski definition) is 2. The van der Waals surface area contributed by atoms with Gasteiger partial charge < -0.3 is 9.80 Å². The van der Waals surface area contributed by atoms with Crippen molar-refractivity contribution in [2.75, 3.05) is 32.7 Å². The molecule has 21 heavy (non-hydrogen) atoms. The summed E-state index contributed by atoms with van der Waals surface area (Å²) in [6, 6.07) is 9.09. The van der Waals surface area contributed by atoms with Crippen LogP contribution in [-0.2, 0) is 6.54 Å². The summed E-state index contributed by atoms with van der Waals surface area (Å²) in [6.45, 7) is 10.2. The van der Waals surface area contributed by atoms with E-state index in [9.17, 15) is 0 Å². The Hall–Kier alpha value is -1.12. The zero-order chi connectivity index (χ0) is 14.5. The Kier molecular flexibility index (Phi) is 5.10. The Balaban J connectivity index is 1.42. The molecule has 2 nitrogen and oxygen atoms in total. The molecule has 1 atom stereocenters. The van der Waals surface area contributed by atoms with Crippen molar-refractivity contribution in [3.05, 3.63) is 47.5 Å². The largest absolute Gasteiger partial charge is 0.325 e. The first-order valence-corrected chi connectivity index (χ1v) is 8.67. The zero-order valence-corrected chi connectivity index (χ0v) is 13.4. The fraction of sp³-hybridized carbons (Fsp3) is 0.579. The Labute approximate surface area is 129 Å². The van der Waals surface area contributed by atoms with Gasteiger partial charge in [0.15, 0.2) is 0 Å². The molecule has 2 aliphatic rings. The molecule has 114 valence electrons. The van der Waals surface area contributed by atoms with Crippen LogP contribution in [-0.4, -0.2) is 32.7 Å². The molecule has 0 amide bonds. The van der Waals surface area contributed by atoms with Gasteiger partial charge in [0, 0.05) is 11.5 Å². The predicted molar refractivity (Wildman–Crippen MR) is 87.6 cm³/mol. The molecule has 1 heterocycles. The lowest BCUT2D eigenvalue weighted by Gasteiger charge is -2.32. The monoisotopic (exact) mass is 286 g/mol. The van der Waals surface area contributed by atoms with Crippen molar-refractivity contribution < 1.29 is 9.80 Å². The maximum atomic E-state index is 2.40. The van der Waals surface area contributed by atoms with Gasteiger partial charge in [-0.2, -0.15) is 0 Å². The minimum Gasteiger partial charge on any atom is -0.325 e. The molecule has 0 aromatic heterocycles. The summed E-state index contributed by atoms with van der Waals surface area (Å²) in [6.07, 6.45) is 8.80. The molecule has 1 saturated heterocycles. The fourth-order valence-corrected chi connectivity index (χ4v) is 3.78. The lowest BCUT2D eigenvalue weighted by Crippen LogP contribution is -3.27. The van der Waals surface area contributed by atoms with Gasteiger partial charge in [-0.3, -0.25) is 0 Å². The molecule has 0 radical (unpaired) electrons. The van der Waals surface area contributed by atoms with Gasteiger partial charge in [0.05, 0.1) is 6.54 Å². The number of benzene rings is 1. The number of hydrogen-bond acceptors (Lipinski definition) is 0. The summed E-state index contributed by atoms with van der Waals surface area (Å²) in [4.78, 5) is 3.62. The average molecular weight is 286 g/mol. The van der Waals surface area contributed by atoms with E-state index < -0.39 is 0 Å². The minimum absolute atomic E-state index is 0.948. The number of aryl methyl sites for hydroxylation is 1. The Morgan fingerprint density at radius 2 is 1.67 bits per heavy atom. The summed E-state index contributed by atoms with van der Waals surface area (Å²) in [5.74, 6) is 0.948. The molecule has 1 aromatic rings. The second-order valence-electron chi connectivity index (χ2n) is 7.02. The van der Waals surface area contributed by atoms with E-state index in [0.717, 1.165) is 5.92 Å². The topological polar surface area (TPSA) is 8.88 Å². The molecule has 2 heteroatoms. The van der Waals surface area contributed by atoms with E-state index in [0.29, 0.717) is 0 Å². The van der Waals surface area contributed by atoms with Gasteiger partial charge >= 0.3 is 0 Å². The highest BCUT2D eigenvalue weighted by atomic mass is 15.3. The van der Waals surface area contributed by atoms with E-state index in [1.54, 1.807) is 4.90 Å². The molecular formula is C19H30N2+2. The van der Waals surface area contributed by atoms with Crippen LogP contribution in [0.2, 0.25) is 0 Å². The minimum atomic E-state index is 0.948. The van der Waals surface area contributed by atoms with Gasteiger partial charge in [-0.25, -0.2) is 0 Å². The number of piperazine rings is 1. The summed E-state index contributed by atoms with van der Waals surface area (Å²) in [7, 11) is 0. The molecule has 0 saturated carbocycles. The van der Waals surface area contributed by atoms with Crippen molar-refractivity contribution in [1.82, 2.24) is 0 Å². The smallest absolute Gasteiger partial charge is 0.127 e. The van der Waals surface area contributed by atoms with Crippen LogP contribution < -0.4 is 9.80 Å². The van der Waals surface area contributed by atoms with Crippen LogP contribution in [0.15, 0.2) is 36.4 Å². The zero-order valence-electron chi connectivity index (χ0n) is 13.4. The number of rotatable bonds is 4. The third kappa shape index (κ3) is 4.42. The van der Waals surface area contributed by atoms with Gasteiger partial charge in [0.2, 0.25) is 0 Å². The van der Waals surface area contributed by atoms with Gasteiger partial charge in [-0.1, -0.05) is 42.0 Å². The lowest BCUT2D eigenvalue weighted by molar-refractivity contribution is -1.02. The average Bonchev–Trinajstić information content (AvgIpc) is 2.53. The Morgan fingerprint density at radius 1 is 0.952 bits per heavy atom. The highest BCUT2D eigenvalue weighted by Gasteiger charge is 2.25. The van der Waals surface area contributed by atoms with E-state index in [1.807, 2.05) is 4.90 Å². The van der Waals surface area contributed by atoms with Crippen LogP contribution in [0.3, 0.4) is 0 Å². The van der Waals surface area contributed by atoms with Crippen LogP contribution >= 0.6 is 0 Å². The van der Waals surface area contributed by atoms with Crippen LogP contribution in [0, 0.1) is 12.8 Å². The standard InChI is InChI=1S/C19H28N2/c1-17-7-9-19(10-8-17)16-21-13-11-20(12-14-21)15-18-5-3-2-4-6-18/h2-3,7-10,18H,4-6,11-16H2,1H3/p+2/t18-/m0/s1. The maximum absolute atomic E-state index is 2.40. The van der Waals surface area contributed by atoms with Crippen LogP contribution in [0.5, 0.6) is 0 Å². The van der Waals surface area contributed by atoms with Gasteiger partial charge in [0.25, 0.3) is 0 Å². The third-order valence-corrected chi connectivity index (χ3v) is 5.19. The summed E-state index contributed by atoms with van der Waals surface area (Å²) >= 11 is 0. The van der Waals surface area contributed by atoms with E-state index in [-0.39, 0.29) is 0 Å². The highest BCUT2D eigenvalue weighted by molar-refractivity contribution is 5.20. The number of nitrogens with one attached hydrogen (secondary N) is 2. The van der Waals surface area contributed by atoms with Crippen molar-refractivity contribution in [3.8, 4) is 0 Å². The van der Waals surface area contributed by atoms with Crippen LogP contribution in [0.1, 0.15) is 30.4 Å². The highest BCUT2D eigenvalue weighted by Crippen LogP contribution is 2.15. The molecule has 3 rings (SSSR count). The first-order valence-electron chi connectivity index (χ1n) is 8.67.